The minimum atomic E-state index is -0.157. The number of halogens is 2. The zero-order valence-electron chi connectivity index (χ0n) is 12.3. The molecule has 0 aliphatic rings. The molecule has 0 aliphatic carbocycles. The van der Waals surface area contributed by atoms with Gasteiger partial charge in [-0.15, -0.1) is 0 Å². The van der Waals surface area contributed by atoms with Crippen LogP contribution in [0.2, 0.25) is 10.0 Å². The first kappa shape index (κ1) is 17.8. The Morgan fingerprint density at radius 2 is 2.10 bits per heavy atom. The van der Waals surface area contributed by atoms with Gasteiger partial charge in [-0.25, -0.2) is 4.99 Å². The van der Waals surface area contributed by atoms with Crippen LogP contribution in [0.1, 0.15) is 33.1 Å². The van der Waals surface area contributed by atoms with Gasteiger partial charge in [-0.3, -0.25) is 4.79 Å². The molecule has 1 unspecified atom stereocenters. The number of aliphatic imine (C=N–C) groups is 1. The highest BCUT2D eigenvalue weighted by atomic mass is 35.5. The largest absolute Gasteiger partial charge is 0.387 e. The van der Waals surface area contributed by atoms with Gasteiger partial charge in [0.25, 0.3) is 0 Å². The molecule has 0 saturated heterocycles. The molecule has 6 heteroatoms. The molecule has 0 fully saturated rings. The van der Waals surface area contributed by atoms with E-state index in [4.69, 9.17) is 28.9 Å². The fraction of sp³-hybridized carbons (Fsp3) is 0.467. The van der Waals surface area contributed by atoms with Gasteiger partial charge in [0.2, 0.25) is 5.91 Å². The number of unbranched alkanes of at least 4 members (excludes halogenated alkanes) is 1. The maximum absolute atomic E-state index is 11.6. The molecule has 4 nitrogen and oxygen atoms in total. The molecule has 1 amide bonds. The molecule has 1 aromatic rings. The van der Waals surface area contributed by atoms with Crippen LogP contribution < -0.4 is 11.1 Å². The summed E-state index contributed by atoms with van der Waals surface area (Å²) in [7, 11) is 0. The van der Waals surface area contributed by atoms with Crippen molar-refractivity contribution in [3.8, 4) is 0 Å². The summed E-state index contributed by atoms with van der Waals surface area (Å²) >= 11 is 11.8. The first-order chi connectivity index (χ1) is 9.93. The number of carbonyl (C=O) groups excluding carboxylic acids is 1. The minimum Gasteiger partial charge on any atom is -0.387 e. The van der Waals surface area contributed by atoms with Crippen LogP contribution in [0.15, 0.2) is 23.2 Å². The van der Waals surface area contributed by atoms with Crippen molar-refractivity contribution in [2.24, 2.45) is 16.6 Å². The number of nitrogens with one attached hydrogen (secondary N) is 1. The van der Waals surface area contributed by atoms with Crippen molar-refractivity contribution < 1.29 is 4.79 Å². The van der Waals surface area contributed by atoms with E-state index in [1.165, 1.54) is 0 Å². The van der Waals surface area contributed by atoms with E-state index in [2.05, 4.69) is 10.3 Å². The molecule has 0 radical (unpaired) electrons. The Kier molecular flexibility index (Phi) is 7.54. The zero-order chi connectivity index (χ0) is 15.8. The van der Waals surface area contributed by atoms with Gasteiger partial charge in [-0.05, 0) is 24.6 Å². The lowest BCUT2D eigenvalue weighted by molar-refractivity contribution is -0.117. The second-order valence-corrected chi connectivity index (χ2v) is 5.76. The average Bonchev–Trinajstić information content (AvgIpc) is 2.45. The fourth-order valence-electron chi connectivity index (χ4n) is 1.62. The summed E-state index contributed by atoms with van der Waals surface area (Å²) in [6.45, 7) is 4.51. The van der Waals surface area contributed by atoms with Gasteiger partial charge in [-0.1, -0.05) is 43.5 Å². The van der Waals surface area contributed by atoms with Crippen LogP contribution in [-0.2, 0) is 4.79 Å². The molecule has 0 aromatic heterocycles. The Bertz CT molecular complexity index is 518. The monoisotopic (exact) mass is 329 g/mol. The minimum absolute atomic E-state index is 0.0509. The summed E-state index contributed by atoms with van der Waals surface area (Å²) in [5.41, 5.74) is 6.70. The Balaban J connectivity index is 2.52. The van der Waals surface area contributed by atoms with E-state index in [-0.39, 0.29) is 11.8 Å². The first-order valence-corrected chi connectivity index (χ1v) is 7.75. The van der Waals surface area contributed by atoms with E-state index >= 15 is 0 Å². The molecule has 0 aliphatic heterocycles. The molecule has 1 rings (SSSR count). The second kappa shape index (κ2) is 8.90. The molecule has 3 N–H and O–H groups in total. The summed E-state index contributed by atoms with van der Waals surface area (Å²) in [4.78, 5) is 15.5. The number of amidine groups is 1. The maximum atomic E-state index is 11.6. The summed E-state index contributed by atoms with van der Waals surface area (Å²) in [5.74, 6) is 0.143. The first-order valence-electron chi connectivity index (χ1n) is 6.99. The van der Waals surface area contributed by atoms with E-state index in [0.29, 0.717) is 28.8 Å². The Morgan fingerprint density at radius 1 is 1.38 bits per heavy atom. The lowest BCUT2D eigenvalue weighted by atomic mass is 10.1. The number of nitrogens with zero attached hydrogens (tertiary/aromatic N) is 1. The predicted molar refractivity (Wildman–Crippen MR) is 90.3 cm³/mol. The molecule has 0 spiro atoms. The van der Waals surface area contributed by atoms with Crippen molar-refractivity contribution in [3.63, 3.8) is 0 Å². The maximum Gasteiger partial charge on any atom is 0.247 e. The number of benzene rings is 1. The van der Waals surface area contributed by atoms with Gasteiger partial charge in [0, 0.05) is 24.6 Å². The van der Waals surface area contributed by atoms with Crippen molar-refractivity contribution in [3.05, 3.63) is 28.2 Å². The van der Waals surface area contributed by atoms with Crippen LogP contribution in [0, 0.1) is 5.92 Å². The molecular weight excluding hydrogens is 309 g/mol. The average molecular weight is 330 g/mol. The smallest absolute Gasteiger partial charge is 0.247 e. The van der Waals surface area contributed by atoms with Crippen molar-refractivity contribution in [2.45, 2.75) is 33.1 Å². The van der Waals surface area contributed by atoms with Crippen LogP contribution in [0.3, 0.4) is 0 Å². The third-order valence-electron chi connectivity index (χ3n) is 3.03. The topological polar surface area (TPSA) is 67.5 Å². The second-order valence-electron chi connectivity index (χ2n) is 4.94. The highest BCUT2D eigenvalue weighted by molar-refractivity contribution is 6.42. The van der Waals surface area contributed by atoms with Crippen molar-refractivity contribution in [1.82, 2.24) is 0 Å². The number of hydrogen-bond donors (Lipinski definition) is 2. The van der Waals surface area contributed by atoms with Gasteiger partial charge < -0.3 is 11.1 Å². The van der Waals surface area contributed by atoms with Crippen LogP contribution in [0.25, 0.3) is 0 Å². The third kappa shape index (κ3) is 6.36. The number of carbonyl (C=O) groups is 1. The molecular formula is C15H21Cl2N3O. The van der Waals surface area contributed by atoms with E-state index in [1.807, 2.05) is 19.9 Å². The predicted octanol–water partition coefficient (Wildman–Crippen LogP) is 4.12. The molecule has 0 heterocycles. The van der Waals surface area contributed by atoms with Gasteiger partial charge in [0.1, 0.15) is 5.84 Å². The normalized spacial score (nSPS) is 13.0. The van der Waals surface area contributed by atoms with Gasteiger partial charge >= 0.3 is 0 Å². The van der Waals surface area contributed by atoms with E-state index in [1.54, 1.807) is 12.1 Å². The quantitative estimate of drug-likeness (QED) is 0.584. The lowest BCUT2D eigenvalue weighted by Crippen LogP contribution is -2.28. The third-order valence-corrected chi connectivity index (χ3v) is 3.77. The van der Waals surface area contributed by atoms with Crippen LogP contribution in [0.5, 0.6) is 0 Å². The van der Waals surface area contributed by atoms with Crippen LogP contribution in [-0.4, -0.2) is 18.3 Å². The van der Waals surface area contributed by atoms with Crippen molar-refractivity contribution in [2.75, 3.05) is 11.9 Å². The SMILES string of the molecule is CCCCC(=O)N=C(N)C(C)CNc1ccc(Cl)c(Cl)c1. The zero-order valence-corrected chi connectivity index (χ0v) is 13.8. The molecule has 0 saturated carbocycles. The lowest BCUT2D eigenvalue weighted by Gasteiger charge is -2.13. The van der Waals surface area contributed by atoms with Crippen LogP contribution >= 0.6 is 23.2 Å². The summed E-state index contributed by atoms with van der Waals surface area (Å²) in [6, 6.07) is 5.31. The number of rotatable bonds is 7. The molecule has 1 aromatic carbocycles. The standard InChI is InChI=1S/C15H21Cl2N3O/c1-3-4-5-14(21)20-15(18)10(2)9-19-11-6-7-12(16)13(17)8-11/h6-8,10,19H,3-5,9H2,1-2H3,(H2,18,20,21). The summed E-state index contributed by atoms with van der Waals surface area (Å²) in [6.07, 6.45) is 2.26. The number of amides is 1. The molecule has 116 valence electrons. The van der Waals surface area contributed by atoms with E-state index in [9.17, 15) is 4.79 Å². The summed E-state index contributed by atoms with van der Waals surface area (Å²) < 4.78 is 0. The van der Waals surface area contributed by atoms with E-state index < -0.39 is 0 Å². The van der Waals surface area contributed by atoms with Crippen LogP contribution in [0.4, 0.5) is 5.69 Å². The number of anilines is 1. The number of hydrogen-bond acceptors (Lipinski definition) is 2. The highest BCUT2D eigenvalue weighted by Gasteiger charge is 2.09. The summed E-state index contributed by atoms with van der Waals surface area (Å²) in [5, 5.41) is 4.20. The van der Waals surface area contributed by atoms with E-state index in [0.717, 1.165) is 18.5 Å². The molecule has 0 bridgehead atoms. The number of nitrogens with two attached hydrogens (primary N) is 1. The Morgan fingerprint density at radius 3 is 2.71 bits per heavy atom. The fourth-order valence-corrected chi connectivity index (χ4v) is 1.92. The Hall–Kier alpha value is -1.26. The van der Waals surface area contributed by atoms with Gasteiger partial charge in [0.05, 0.1) is 10.0 Å². The highest BCUT2D eigenvalue weighted by Crippen LogP contribution is 2.25. The van der Waals surface area contributed by atoms with Gasteiger partial charge in [0.15, 0.2) is 0 Å². The molecule has 1 atom stereocenters. The Labute approximate surface area is 135 Å². The van der Waals surface area contributed by atoms with Gasteiger partial charge in [-0.2, -0.15) is 0 Å². The van der Waals surface area contributed by atoms with Crippen molar-refractivity contribution in [1.29, 1.82) is 0 Å². The molecule has 21 heavy (non-hydrogen) atoms. The van der Waals surface area contributed by atoms with Crippen molar-refractivity contribution >= 4 is 40.6 Å².